The molecule has 5 nitrogen and oxygen atoms in total. The number of benzene rings is 2. The fourth-order valence-electron chi connectivity index (χ4n) is 4.05. The van der Waals surface area contributed by atoms with Crippen molar-refractivity contribution in [3.63, 3.8) is 0 Å². The highest BCUT2D eigenvalue weighted by Gasteiger charge is 2.26. The molecule has 1 fully saturated rings. The molecular weight excluding hydrogens is 350 g/mol. The second-order valence-corrected chi connectivity index (χ2v) is 7.61. The number of nitrogens with two attached hydrogens (primary N) is 1. The number of hydrogen-bond donors (Lipinski definition) is 2. The van der Waals surface area contributed by atoms with E-state index in [0.717, 1.165) is 25.9 Å². The zero-order valence-electron chi connectivity index (χ0n) is 16.4. The van der Waals surface area contributed by atoms with E-state index in [-0.39, 0.29) is 29.7 Å². The smallest absolute Gasteiger partial charge is 0.234 e. The van der Waals surface area contributed by atoms with Crippen LogP contribution in [0.5, 0.6) is 0 Å². The van der Waals surface area contributed by atoms with Crippen molar-refractivity contribution in [1.82, 2.24) is 10.2 Å². The molecule has 0 aliphatic carbocycles. The minimum atomic E-state index is -0.230. The molecule has 2 amide bonds. The van der Waals surface area contributed by atoms with Gasteiger partial charge in [0.25, 0.3) is 0 Å². The molecule has 1 aliphatic heterocycles. The third-order valence-electron chi connectivity index (χ3n) is 5.56. The van der Waals surface area contributed by atoms with Crippen LogP contribution in [0.1, 0.15) is 36.8 Å². The summed E-state index contributed by atoms with van der Waals surface area (Å²) in [6, 6.07) is 20.5. The standard InChI is InChI=1S/C23H29N3O2/c1-17(25-21(27)16-26-14-12-20(13-15-26)23(24)28)22(18-8-4-2-5-9-18)19-10-6-3-7-11-19/h2-11,17,20,22H,12-16H2,1H3,(H2,24,28)(H,25,27)/t17-/m1/s1. The molecule has 0 radical (unpaired) electrons. The Bertz CT molecular complexity index is 731. The summed E-state index contributed by atoms with van der Waals surface area (Å²) in [5.41, 5.74) is 7.75. The van der Waals surface area contributed by atoms with E-state index >= 15 is 0 Å². The van der Waals surface area contributed by atoms with Gasteiger partial charge in [-0.25, -0.2) is 0 Å². The highest BCUT2D eigenvalue weighted by molar-refractivity contribution is 5.79. The van der Waals surface area contributed by atoms with E-state index in [1.165, 1.54) is 11.1 Å². The van der Waals surface area contributed by atoms with Gasteiger partial charge in [0, 0.05) is 17.9 Å². The Morgan fingerprint density at radius 2 is 1.50 bits per heavy atom. The first-order valence-corrected chi connectivity index (χ1v) is 9.95. The van der Waals surface area contributed by atoms with Crippen molar-refractivity contribution in [2.45, 2.75) is 31.7 Å². The van der Waals surface area contributed by atoms with Gasteiger partial charge >= 0.3 is 0 Å². The van der Waals surface area contributed by atoms with Gasteiger partial charge in [0.05, 0.1) is 6.54 Å². The van der Waals surface area contributed by atoms with Crippen LogP contribution in [0, 0.1) is 5.92 Å². The molecule has 0 aromatic heterocycles. The van der Waals surface area contributed by atoms with Crippen LogP contribution in [0.25, 0.3) is 0 Å². The number of nitrogens with one attached hydrogen (secondary N) is 1. The third kappa shape index (κ3) is 5.20. The molecule has 0 bridgehead atoms. The van der Waals surface area contributed by atoms with Crippen molar-refractivity contribution in [1.29, 1.82) is 0 Å². The number of amides is 2. The van der Waals surface area contributed by atoms with Crippen molar-refractivity contribution in [2.75, 3.05) is 19.6 Å². The number of carbonyl (C=O) groups is 2. The van der Waals surface area contributed by atoms with Crippen molar-refractivity contribution < 1.29 is 9.59 Å². The van der Waals surface area contributed by atoms with E-state index in [9.17, 15) is 9.59 Å². The predicted octanol–water partition coefficient (Wildman–Crippen LogP) is 2.52. The number of hydrogen-bond acceptors (Lipinski definition) is 3. The third-order valence-corrected chi connectivity index (χ3v) is 5.56. The molecule has 1 atom stereocenters. The summed E-state index contributed by atoms with van der Waals surface area (Å²) < 4.78 is 0. The van der Waals surface area contributed by atoms with Gasteiger partial charge in [-0.05, 0) is 44.0 Å². The average Bonchev–Trinajstić information content (AvgIpc) is 2.70. The molecule has 1 saturated heterocycles. The molecule has 1 aliphatic rings. The Morgan fingerprint density at radius 1 is 1.00 bits per heavy atom. The Hall–Kier alpha value is -2.66. The zero-order valence-corrected chi connectivity index (χ0v) is 16.4. The van der Waals surface area contributed by atoms with Gasteiger partial charge in [0.2, 0.25) is 11.8 Å². The Balaban J connectivity index is 1.63. The van der Waals surface area contributed by atoms with Crippen LogP contribution in [0.15, 0.2) is 60.7 Å². The molecule has 3 rings (SSSR count). The zero-order chi connectivity index (χ0) is 19.9. The predicted molar refractivity (Wildman–Crippen MR) is 111 cm³/mol. The summed E-state index contributed by atoms with van der Waals surface area (Å²) in [7, 11) is 0. The van der Waals surface area contributed by atoms with Crippen LogP contribution >= 0.6 is 0 Å². The van der Waals surface area contributed by atoms with E-state index in [1.54, 1.807) is 0 Å². The minimum Gasteiger partial charge on any atom is -0.369 e. The number of primary amides is 1. The molecule has 1 heterocycles. The van der Waals surface area contributed by atoms with Crippen LogP contribution in [0.2, 0.25) is 0 Å². The number of piperidine rings is 1. The summed E-state index contributed by atoms with van der Waals surface area (Å²) in [4.78, 5) is 26.1. The molecule has 2 aromatic rings. The quantitative estimate of drug-likeness (QED) is 0.776. The first-order valence-electron chi connectivity index (χ1n) is 9.95. The Labute approximate surface area is 166 Å². The molecule has 0 unspecified atom stereocenters. The topological polar surface area (TPSA) is 75.4 Å². The van der Waals surface area contributed by atoms with E-state index in [1.807, 2.05) is 36.4 Å². The van der Waals surface area contributed by atoms with Gasteiger partial charge in [-0.15, -0.1) is 0 Å². The van der Waals surface area contributed by atoms with Crippen LogP contribution in [0.3, 0.4) is 0 Å². The normalized spacial score (nSPS) is 16.6. The van der Waals surface area contributed by atoms with Crippen LogP contribution < -0.4 is 11.1 Å². The van der Waals surface area contributed by atoms with Crippen LogP contribution in [0.4, 0.5) is 0 Å². The highest BCUT2D eigenvalue weighted by atomic mass is 16.2. The maximum atomic E-state index is 12.7. The Morgan fingerprint density at radius 3 is 1.96 bits per heavy atom. The Kier molecular flexibility index (Phi) is 6.82. The summed E-state index contributed by atoms with van der Waals surface area (Å²) >= 11 is 0. The molecule has 148 valence electrons. The minimum absolute atomic E-state index is 0.0156. The van der Waals surface area contributed by atoms with Gasteiger partial charge in [0.1, 0.15) is 0 Å². The maximum Gasteiger partial charge on any atom is 0.234 e. The van der Waals surface area contributed by atoms with E-state index in [4.69, 9.17) is 5.73 Å². The van der Waals surface area contributed by atoms with E-state index in [0.29, 0.717) is 6.54 Å². The lowest BCUT2D eigenvalue weighted by Gasteiger charge is -2.31. The van der Waals surface area contributed by atoms with Crippen LogP contribution in [-0.4, -0.2) is 42.4 Å². The van der Waals surface area contributed by atoms with Gasteiger partial charge in [-0.3, -0.25) is 14.5 Å². The van der Waals surface area contributed by atoms with Crippen molar-refractivity contribution >= 4 is 11.8 Å². The number of rotatable bonds is 7. The van der Waals surface area contributed by atoms with E-state index in [2.05, 4.69) is 41.4 Å². The molecule has 28 heavy (non-hydrogen) atoms. The largest absolute Gasteiger partial charge is 0.369 e. The summed E-state index contributed by atoms with van der Waals surface area (Å²) in [5, 5.41) is 3.19. The van der Waals surface area contributed by atoms with Gasteiger partial charge in [0.15, 0.2) is 0 Å². The SMILES string of the molecule is C[C@@H](NC(=O)CN1CCC(C(N)=O)CC1)C(c1ccccc1)c1ccccc1. The van der Waals surface area contributed by atoms with Gasteiger partial charge in [-0.2, -0.15) is 0 Å². The fourth-order valence-corrected chi connectivity index (χ4v) is 4.05. The summed E-state index contributed by atoms with van der Waals surface area (Å²) in [6.07, 6.45) is 1.46. The molecule has 5 heteroatoms. The first kappa shape index (κ1) is 20.1. The molecule has 0 spiro atoms. The van der Waals surface area contributed by atoms with Crippen molar-refractivity contribution in [3.05, 3.63) is 71.8 Å². The summed E-state index contributed by atoms with van der Waals surface area (Å²) in [5.74, 6) is -0.182. The molecule has 3 N–H and O–H groups in total. The van der Waals surface area contributed by atoms with E-state index < -0.39 is 0 Å². The lowest BCUT2D eigenvalue weighted by molar-refractivity contribution is -0.124. The van der Waals surface area contributed by atoms with Crippen molar-refractivity contribution in [2.24, 2.45) is 11.7 Å². The average molecular weight is 380 g/mol. The lowest BCUT2D eigenvalue weighted by Crippen LogP contribution is -2.46. The van der Waals surface area contributed by atoms with Crippen molar-refractivity contribution in [3.8, 4) is 0 Å². The number of nitrogens with zero attached hydrogens (tertiary/aromatic N) is 1. The molecule has 0 saturated carbocycles. The first-order chi connectivity index (χ1) is 13.5. The highest BCUT2D eigenvalue weighted by Crippen LogP contribution is 2.28. The second kappa shape index (κ2) is 9.51. The maximum absolute atomic E-state index is 12.7. The van der Waals surface area contributed by atoms with Gasteiger partial charge < -0.3 is 11.1 Å². The molecular formula is C23H29N3O2. The monoisotopic (exact) mass is 379 g/mol. The number of likely N-dealkylation sites (tertiary alicyclic amines) is 1. The van der Waals surface area contributed by atoms with Gasteiger partial charge in [-0.1, -0.05) is 60.7 Å². The number of carbonyl (C=O) groups excluding carboxylic acids is 2. The molecule has 2 aromatic carbocycles. The fraction of sp³-hybridized carbons (Fsp3) is 0.391. The lowest BCUT2D eigenvalue weighted by atomic mass is 9.86. The second-order valence-electron chi connectivity index (χ2n) is 7.61. The van der Waals surface area contributed by atoms with Crippen LogP contribution in [-0.2, 0) is 9.59 Å². The summed E-state index contributed by atoms with van der Waals surface area (Å²) in [6.45, 7) is 3.88.